The topological polar surface area (TPSA) is 58.6 Å². The standard InChI is InChI=1S/C17H22N2O3S/c1-19(2)23(20,21)17-9-7-14(8-10-17)12-18-13-15-5-4-6-16(11-15)22-3/h4-11,18H,12-13H2,1-3H3. The zero-order valence-corrected chi connectivity index (χ0v) is 14.4. The molecule has 0 aromatic heterocycles. The summed E-state index contributed by atoms with van der Waals surface area (Å²) in [6.07, 6.45) is 0. The van der Waals surface area contributed by atoms with E-state index in [0.717, 1.165) is 23.4 Å². The Labute approximate surface area is 137 Å². The van der Waals surface area contributed by atoms with E-state index in [1.165, 1.54) is 18.4 Å². The van der Waals surface area contributed by atoms with Crippen molar-refractivity contribution in [2.45, 2.75) is 18.0 Å². The van der Waals surface area contributed by atoms with Crippen LogP contribution >= 0.6 is 0 Å². The molecule has 0 bridgehead atoms. The molecule has 0 aliphatic carbocycles. The minimum atomic E-state index is -3.37. The van der Waals surface area contributed by atoms with E-state index in [9.17, 15) is 8.42 Å². The fourth-order valence-corrected chi connectivity index (χ4v) is 3.03. The number of rotatable bonds is 7. The minimum Gasteiger partial charge on any atom is -0.497 e. The first-order valence-electron chi connectivity index (χ1n) is 7.28. The molecule has 0 radical (unpaired) electrons. The number of nitrogens with zero attached hydrogens (tertiary/aromatic N) is 1. The van der Waals surface area contributed by atoms with Gasteiger partial charge in [-0.25, -0.2) is 12.7 Å². The Hall–Kier alpha value is -1.89. The van der Waals surface area contributed by atoms with Crippen molar-refractivity contribution in [2.24, 2.45) is 0 Å². The highest BCUT2D eigenvalue weighted by molar-refractivity contribution is 7.89. The van der Waals surface area contributed by atoms with Gasteiger partial charge in [0.05, 0.1) is 12.0 Å². The zero-order valence-electron chi connectivity index (χ0n) is 13.6. The molecular formula is C17H22N2O3S. The van der Waals surface area contributed by atoms with Crippen LogP contribution in [0.4, 0.5) is 0 Å². The molecule has 0 amide bonds. The van der Waals surface area contributed by atoms with Crippen LogP contribution in [0.15, 0.2) is 53.4 Å². The smallest absolute Gasteiger partial charge is 0.242 e. The molecule has 0 unspecified atom stereocenters. The molecule has 2 aromatic rings. The van der Waals surface area contributed by atoms with E-state index in [2.05, 4.69) is 5.32 Å². The number of nitrogens with one attached hydrogen (secondary N) is 1. The van der Waals surface area contributed by atoms with Gasteiger partial charge in [-0.2, -0.15) is 0 Å². The van der Waals surface area contributed by atoms with E-state index in [4.69, 9.17) is 4.74 Å². The Bertz CT molecular complexity index is 741. The Morgan fingerprint density at radius 1 is 1.00 bits per heavy atom. The second kappa shape index (κ2) is 7.59. The average molecular weight is 334 g/mol. The SMILES string of the molecule is COc1cccc(CNCc2ccc(S(=O)(=O)N(C)C)cc2)c1. The molecule has 6 heteroatoms. The quantitative estimate of drug-likeness (QED) is 0.844. The lowest BCUT2D eigenvalue weighted by Crippen LogP contribution is -2.22. The first-order chi connectivity index (χ1) is 10.9. The van der Waals surface area contributed by atoms with Crippen LogP contribution in [0, 0.1) is 0 Å². The summed E-state index contributed by atoms with van der Waals surface area (Å²) >= 11 is 0. The van der Waals surface area contributed by atoms with Gasteiger partial charge in [-0.3, -0.25) is 0 Å². The third-order valence-electron chi connectivity index (χ3n) is 3.49. The average Bonchev–Trinajstić information content (AvgIpc) is 2.55. The lowest BCUT2D eigenvalue weighted by molar-refractivity contribution is 0.414. The van der Waals surface area contributed by atoms with E-state index in [0.29, 0.717) is 11.4 Å². The third kappa shape index (κ3) is 4.54. The highest BCUT2D eigenvalue weighted by Gasteiger charge is 2.16. The predicted octanol–water partition coefficient (Wildman–Crippen LogP) is 2.24. The van der Waals surface area contributed by atoms with E-state index in [1.54, 1.807) is 19.2 Å². The van der Waals surface area contributed by atoms with Crippen molar-refractivity contribution < 1.29 is 13.2 Å². The molecule has 0 atom stereocenters. The Balaban J connectivity index is 1.94. The maximum absolute atomic E-state index is 12.0. The molecule has 2 aromatic carbocycles. The van der Waals surface area contributed by atoms with Crippen LogP contribution in [-0.4, -0.2) is 33.9 Å². The molecule has 1 N–H and O–H groups in total. The Morgan fingerprint density at radius 2 is 1.65 bits per heavy atom. The highest BCUT2D eigenvalue weighted by Crippen LogP contribution is 2.15. The lowest BCUT2D eigenvalue weighted by atomic mass is 10.2. The first-order valence-corrected chi connectivity index (χ1v) is 8.72. The largest absolute Gasteiger partial charge is 0.497 e. The van der Waals surface area contributed by atoms with Gasteiger partial charge in [0.1, 0.15) is 5.75 Å². The summed E-state index contributed by atoms with van der Waals surface area (Å²) in [4.78, 5) is 0.305. The number of hydrogen-bond donors (Lipinski definition) is 1. The first kappa shape index (κ1) is 17.5. The van der Waals surface area contributed by atoms with Gasteiger partial charge in [0.15, 0.2) is 0 Å². The molecule has 0 fully saturated rings. The van der Waals surface area contributed by atoms with Crippen LogP contribution < -0.4 is 10.1 Å². The van der Waals surface area contributed by atoms with Crippen molar-refractivity contribution in [3.63, 3.8) is 0 Å². The predicted molar refractivity (Wildman–Crippen MR) is 90.9 cm³/mol. The van der Waals surface area contributed by atoms with E-state index < -0.39 is 10.0 Å². The fourth-order valence-electron chi connectivity index (χ4n) is 2.12. The summed E-state index contributed by atoms with van der Waals surface area (Å²) in [5.41, 5.74) is 2.17. The van der Waals surface area contributed by atoms with Crippen molar-refractivity contribution in [3.05, 3.63) is 59.7 Å². The van der Waals surface area contributed by atoms with Gasteiger partial charge in [0, 0.05) is 27.2 Å². The summed E-state index contributed by atoms with van der Waals surface area (Å²) in [5.74, 6) is 0.836. The van der Waals surface area contributed by atoms with Crippen molar-refractivity contribution in [2.75, 3.05) is 21.2 Å². The molecule has 2 rings (SSSR count). The lowest BCUT2D eigenvalue weighted by Gasteiger charge is -2.12. The van der Waals surface area contributed by atoms with E-state index in [-0.39, 0.29) is 0 Å². The second-order valence-corrected chi connectivity index (χ2v) is 7.54. The van der Waals surface area contributed by atoms with Gasteiger partial charge in [0.25, 0.3) is 0 Å². The molecular weight excluding hydrogens is 312 g/mol. The van der Waals surface area contributed by atoms with Crippen LogP contribution in [0.1, 0.15) is 11.1 Å². The third-order valence-corrected chi connectivity index (χ3v) is 5.32. The summed E-state index contributed by atoms with van der Waals surface area (Å²) in [7, 11) is 1.34. The zero-order chi connectivity index (χ0) is 16.9. The molecule has 0 aliphatic rings. The van der Waals surface area contributed by atoms with Crippen LogP contribution in [-0.2, 0) is 23.1 Å². The van der Waals surface area contributed by atoms with Crippen LogP contribution in [0.25, 0.3) is 0 Å². The van der Waals surface area contributed by atoms with Gasteiger partial charge in [0.2, 0.25) is 10.0 Å². The van der Waals surface area contributed by atoms with Crippen molar-refractivity contribution in [3.8, 4) is 5.75 Å². The minimum absolute atomic E-state index is 0.305. The van der Waals surface area contributed by atoms with Crippen molar-refractivity contribution in [1.82, 2.24) is 9.62 Å². The second-order valence-electron chi connectivity index (χ2n) is 5.39. The van der Waals surface area contributed by atoms with Gasteiger partial charge in [-0.1, -0.05) is 24.3 Å². The maximum atomic E-state index is 12.0. The summed E-state index contributed by atoms with van der Waals surface area (Å²) < 4.78 is 30.4. The van der Waals surface area contributed by atoms with E-state index >= 15 is 0 Å². The van der Waals surface area contributed by atoms with Crippen LogP contribution in [0.5, 0.6) is 5.75 Å². The molecule has 23 heavy (non-hydrogen) atoms. The molecule has 0 spiro atoms. The number of benzene rings is 2. The van der Waals surface area contributed by atoms with E-state index in [1.807, 2.05) is 36.4 Å². The summed E-state index contributed by atoms with van der Waals surface area (Å²) in [5, 5.41) is 3.33. The number of hydrogen-bond acceptors (Lipinski definition) is 4. The molecule has 5 nitrogen and oxygen atoms in total. The Kier molecular flexibility index (Phi) is 5.76. The monoisotopic (exact) mass is 334 g/mol. The normalized spacial score (nSPS) is 11.7. The highest BCUT2D eigenvalue weighted by atomic mass is 32.2. The number of sulfonamides is 1. The summed E-state index contributed by atoms with van der Waals surface area (Å²) in [6.45, 7) is 1.38. The van der Waals surface area contributed by atoms with Gasteiger partial charge in [-0.05, 0) is 35.4 Å². The molecule has 124 valence electrons. The van der Waals surface area contributed by atoms with Crippen LogP contribution in [0.3, 0.4) is 0 Å². The molecule has 0 saturated carbocycles. The van der Waals surface area contributed by atoms with Gasteiger partial charge >= 0.3 is 0 Å². The summed E-state index contributed by atoms with van der Waals surface area (Å²) in [6, 6.07) is 14.8. The molecule has 0 saturated heterocycles. The van der Waals surface area contributed by atoms with Gasteiger partial charge in [-0.15, -0.1) is 0 Å². The number of methoxy groups -OCH3 is 1. The molecule has 0 aliphatic heterocycles. The van der Waals surface area contributed by atoms with Gasteiger partial charge < -0.3 is 10.1 Å². The maximum Gasteiger partial charge on any atom is 0.242 e. The Morgan fingerprint density at radius 3 is 2.26 bits per heavy atom. The van der Waals surface area contributed by atoms with Crippen molar-refractivity contribution in [1.29, 1.82) is 0 Å². The fraction of sp³-hybridized carbons (Fsp3) is 0.294. The van der Waals surface area contributed by atoms with Crippen molar-refractivity contribution >= 4 is 10.0 Å². The van der Waals surface area contributed by atoms with Crippen LogP contribution in [0.2, 0.25) is 0 Å². The molecule has 0 heterocycles. The number of ether oxygens (including phenoxy) is 1.